The molecule has 2 aromatic carbocycles. The van der Waals surface area contributed by atoms with E-state index in [0.717, 1.165) is 11.0 Å². The van der Waals surface area contributed by atoms with E-state index in [1.54, 1.807) is 0 Å². The lowest BCUT2D eigenvalue weighted by Crippen LogP contribution is -2.23. The molecule has 0 amide bonds. The van der Waals surface area contributed by atoms with Crippen molar-refractivity contribution >= 4 is 27.0 Å². The maximum Gasteiger partial charge on any atom is 0.337 e. The zero-order valence-electron chi connectivity index (χ0n) is 12.8. The van der Waals surface area contributed by atoms with Crippen LogP contribution in [0.2, 0.25) is 0 Å². The average molecular weight is 345 g/mol. The molecular weight excluding hydrogens is 330 g/mol. The molecule has 1 heterocycles. The van der Waals surface area contributed by atoms with E-state index in [4.69, 9.17) is 0 Å². The molecule has 7 nitrogen and oxygen atoms in total. The lowest BCUT2D eigenvalue weighted by molar-refractivity contribution is 0.0600. The van der Waals surface area contributed by atoms with Gasteiger partial charge in [-0.05, 0) is 36.4 Å². The number of aromatic nitrogens is 2. The molecule has 0 bridgehead atoms. The number of nitrogens with one attached hydrogen (secondary N) is 2. The molecule has 24 heavy (non-hydrogen) atoms. The number of ether oxygens (including phenoxy) is 1. The Bertz CT molecular complexity index is 945. The minimum absolute atomic E-state index is 0.0375. The van der Waals surface area contributed by atoms with Crippen LogP contribution < -0.4 is 4.72 Å². The fourth-order valence-electron chi connectivity index (χ4n) is 2.22. The Morgan fingerprint density at radius 3 is 2.54 bits per heavy atom. The lowest BCUT2D eigenvalue weighted by atomic mass is 10.2. The highest BCUT2D eigenvalue weighted by Gasteiger charge is 2.16. The number of rotatable bonds is 5. The van der Waals surface area contributed by atoms with Crippen molar-refractivity contribution in [2.24, 2.45) is 0 Å². The summed E-state index contributed by atoms with van der Waals surface area (Å²) in [6.07, 6.45) is 0. The van der Waals surface area contributed by atoms with Gasteiger partial charge in [-0.2, -0.15) is 0 Å². The Hall–Kier alpha value is -2.71. The van der Waals surface area contributed by atoms with Crippen molar-refractivity contribution < 1.29 is 17.9 Å². The van der Waals surface area contributed by atoms with Crippen molar-refractivity contribution in [3.8, 4) is 0 Å². The SMILES string of the molecule is COC(=O)c1ccc(S(=O)(=O)NCc2nc3ccccc3[nH]2)cc1. The summed E-state index contributed by atoms with van der Waals surface area (Å²) in [5.74, 6) is 0.000128. The standard InChI is InChI=1S/C16H15N3O4S/c1-23-16(20)11-6-8-12(9-7-11)24(21,22)17-10-15-18-13-4-2-3-5-14(13)19-15/h2-9,17H,10H2,1H3,(H,18,19). The number of aromatic amines is 1. The molecule has 124 valence electrons. The molecule has 0 radical (unpaired) electrons. The van der Waals surface area contributed by atoms with Crippen molar-refractivity contribution in [2.45, 2.75) is 11.4 Å². The summed E-state index contributed by atoms with van der Waals surface area (Å²) in [5, 5.41) is 0. The summed E-state index contributed by atoms with van der Waals surface area (Å²) >= 11 is 0. The monoisotopic (exact) mass is 345 g/mol. The van der Waals surface area contributed by atoms with Crippen LogP contribution in [0.25, 0.3) is 11.0 Å². The first-order valence-electron chi connectivity index (χ1n) is 7.11. The smallest absolute Gasteiger partial charge is 0.337 e. The second-order valence-corrected chi connectivity index (χ2v) is 6.81. The predicted molar refractivity (Wildman–Crippen MR) is 87.9 cm³/mol. The molecule has 0 fully saturated rings. The number of para-hydroxylation sites is 2. The minimum Gasteiger partial charge on any atom is -0.465 e. The third kappa shape index (κ3) is 3.29. The van der Waals surface area contributed by atoms with Gasteiger partial charge in [-0.1, -0.05) is 12.1 Å². The first-order valence-corrected chi connectivity index (χ1v) is 8.59. The third-order valence-corrected chi connectivity index (χ3v) is 4.87. The number of fused-ring (bicyclic) bond motifs is 1. The molecule has 0 saturated carbocycles. The van der Waals surface area contributed by atoms with Gasteiger partial charge in [0, 0.05) is 0 Å². The normalized spacial score (nSPS) is 11.5. The molecule has 0 aliphatic heterocycles. The molecule has 0 unspecified atom stereocenters. The number of methoxy groups -OCH3 is 1. The number of nitrogens with zero attached hydrogens (tertiary/aromatic N) is 1. The molecular formula is C16H15N3O4S. The second-order valence-electron chi connectivity index (χ2n) is 5.04. The number of sulfonamides is 1. The maximum atomic E-state index is 12.3. The molecule has 0 aliphatic rings. The van der Waals surface area contributed by atoms with Crippen molar-refractivity contribution in [2.75, 3.05) is 7.11 Å². The molecule has 1 aromatic heterocycles. The highest BCUT2D eigenvalue weighted by atomic mass is 32.2. The zero-order valence-corrected chi connectivity index (χ0v) is 13.6. The van der Waals surface area contributed by atoms with Crippen LogP contribution in [0.3, 0.4) is 0 Å². The molecule has 0 atom stereocenters. The minimum atomic E-state index is -3.71. The van der Waals surface area contributed by atoms with Crippen LogP contribution in [-0.2, 0) is 21.3 Å². The summed E-state index contributed by atoms with van der Waals surface area (Å²) in [7, 11) is -2.44. The van der Waals surface area contributed by atoms with Gasteiger partial charge in [0.05, 0.1) is 35.1 Å². The Balaban J connectivity index is 1.74. The maximum absolute atomic E-state index is 12.3. The highest BCUT2D eigenvalue weighted by Crippen LogP contribution is 2.13. The number of imidazole rings is 1. The summed E-state index contributed by atoms with van der Waals surface area (Å²) in [5.41, 5.74) is 1.90. The molecule has 0 saturated heterocycles. The Morgan fingerprint density at radius 2 is 1.88 bits per heavy atom. The van der Waals surface area contributed by atoms with Crippen LogP contribution in [-0.4, -0.2) is 31.5 Å². The Kier molecular flexibility index (Phi) is 4.32. The van der Waals surface area contributed by atoms with Gasteiger partial charge in [0.15, 0.2) is 0 Å². The highest BCUT2D eigenvalue weighted by molar-refractivity contribution is 7.89. The lowest BCUT2D eigenvalue weighted by Gasteiger charge is -2.06. The average Bonchev–Trinajstić information content (AvgIpc) is 3.02. The molecule has 2 N–H and O–H groups in total. The van der Waals surface area contributed by atoms with E-state index in [1.807, 2.05) is 24.3 Å². The summed E-state index contributed by atoms with van der Waals surface area (Å²) in [6.45, 7) is 0.0375. The topological polar surface area (TPSA) is 101 Å². The molecule has 0 spiro atoms. The van der Waals surface area contributed by atoms with E-state index in [9.17, 15) is 13.2 Å². The molecule has 3 aromatic rings. The third-order valence-electron chi connectivity index (χ3n) is 3.45. The molecule has 3 rings (SSSR count). The van der Waals surface area contributed by atoms with Gasteiger partial charge >= 0.3 is 5.97 Å². The molecule has 8 heteroatoms. The number of H-pyrrole nitrogens is 1. The van der Waals surface area contributed by atoms with Gasteiger partial charge in [0.25, 0.3) is 0 Å². The van der Waals surface area contributed by atoms with Crippen LogP contribution in [0.1, 0.15) is 16.2 Å². The summed E-state index contributed by atoms with van der Waals surface area (Å²) in [6, 6.07) is 13.0. The van der Waals surface area contributed by atoms with E-state index in [-0.39, 0.29) is 17.0 Å². The van der Waals surface area contributed by atoms with Gasteiger partial charge < -0.3 is 9.72 Å². The quantitative estimate of drug-likeness (QED) is 0.687. The Morgan fingerprint density at radius 1 is 1.17 bits per heavy atom. The van der Waals surface area contributed by atoms with E-state index in [2.05, 4.69) is 19.4 Å². The summed E-state index contributed by atoms with van der Waals surface area (Å²) in [4.78, 5) is 18.8. The van der Waals surface area contributed by atoms with Crippen LogP contribution in [0.5, 0.6) is 0 Å². The van der Waals surface area contributed by atoms with Gasteiger partial charge in [-0.3, -0.25) is 0 Å². The van der Waals surface area contributed by atoms with Crippen LogP contribution >= 0.6 is 0 Å². The summed E-state index contributed by atoms with van der Waals surface area (Å²) < 4.78 is 31.7. The zero-order chi connectivity index (χ0) is 17.2. The number of esters is 1. The van der Waals surface area contributed by atoms with Crippen molar-refractivity contribution in [3.05, 3.63) is 59.9 Å². The van der Waals surface area contributed by atoms with E-state index >= 15 is 0 Å². The number of hydrogen-bond acceptors (Lipinski definition) is 5. The fourth-order valence-corrected chi connectivity index (χ4v) is 3.21. The van der Waals surface area contributed by atoms with Crippen LogP contribution in [0.15, 0.2) is 53.4 Å². The van der Waals surface area contributed by atoms with E-state index in [1.165, 1.54) is 31.4 Å². The largest absolute Gasteiger partial charge is 0.465 e. The van der Waals surface area contributed by atoms with Gasteiger partial charge in [-0.15, -0.1) is 0 Å². The van der Waals surface area contributed by atoms with Crippen LogP contribution in [0, 0.1) is 0 Å². The first-order chi connectivity index (χ1) is 11.5. The first kappa shape index (κ1) is 16.2. The van der Waals surface area contributed by atoms with Crippen molar-refractivity contribution in [3.63, 3.8) is 0 Å². The number of carbonyl (C=O) groups excluding carboxylic acids is 1. The van der Waals surface area contributed by atoms with Gasteiger partial charge in [0.2, 0.25) is 10.0 Å². The van der Waals surface area contributed by atoms with E-state index < -0.39 is 16.0 Å². The fraction of sp³-hybridized carbons (Fsp3) is 0.125. The second kappa shape index (κ2) is 6.42. The number of benzene rings is 2. The van der Waals surface area contributed by atoms with E-state index in [0.29, 0.717) is 5.82 Å². The van der Waals surface area contributed by atoms with Gasteiger partial charge in [-0.25, -0.2) is 22.9 Å². The molecule has 0 aliphatic carbocycles. The predicted octanol–water partition coefficient (Wildman–Crippen LogP) is 1.83. The number of carbonyl (C=O) groups is 1. The Labute approximate surface area is 138 Å². The number of hydrogen-bond donors (Lipinski definition) is 2. The van der Waals surface area contributed by atoms with Crippen LogP contribution in [0.4, 0.5) is 0 Å². The van der Waals surface area contributed by atoms with Gasteiger partial charge in [0.1, 0.15) is 5.82 Å². The van der Waals surface area contributed by atoms with Crippen molar-refractivity contribution in [1.82, 2.24) is 14.7 Å². The van der Waals surface area contributed by atoms with Crippen molar-refractivity contribution in [1.29, 1.82) is 0 Å².